The fraction of sp³-hybridized carbons (Fsp3) is 0.429. The molecule has 150 valence electrons. The molecule has 2 heterocycles. The average Bonchev–Trinajstić information content (AvgIpc) is 2.95. The molecular formula is C21H26FN3O3. The van der Waals surface area contributed by atoms with Crippen LogP contribution in [0.5, 0.6) is 0 Å². The second-order valence-electron chi connectivity index (χ2n) is 7.51. The van der Waals surface area contributed by atoms with E-state index in [-0.39, 0.29) is 42.5 Å². The first-order chi connectivity index (χ1) is 13.3. The number of nitrogens with one attached hydrogen (secondary N) is 2. The van der Waals surface area contributed by atoms with Gasteiger partial charge in [-0.1, -0.05) is 18.2 Å². The van der Waals surface area contributed by atoms with E-state index in [2.05, 4.69) is 10.3 Å². The molecule has 0 spiro atoms. The average molecular weight is 387 g/mol. The molecule has 6 nitrogen and oxygen atoms in total. The van der Waals surface area contributed by atoms with Gasteiger partial charge in [-0.3, -0.25) is 14.5 Å². The summed E-state index contributed by atoms with van der Waals surface area (Å²) in [4.78, 5) is 29.4. The molecule has 1 aromatic heterocycles. The lowest BCUT2D eigenvalue weighted by Gasteiger charge is -2.28. The zero-order valence-electron chi connectivity index (χ0n) is 16.3. The van der Waals surface area contributed by atoms with E-state index in [0.29, 0.717) is 23.2 Å². The fourth-order valence-corrected chi connectivity index (χ4v) is 4.24. The number of hydrogen-bond acceptors (Lipinski definition) is 4. The molecule has 0 radical (unpaired) electrons. The summed E-state index contributed by atoms with van der Waals surface area (Å²) in [6, 6.07) is 7.94. The van der Waals surface area contributed by atoms with Gasteiger partial charge in [-0.2, -0.15) is 0 Å². The van der Waals surface area contributed by atoms with Crippen LogP contribution in [0.15, 0.2) is 35.1 Å². The van der Waals surface area contributed by atoms with Crippen molar-refractivity contribution in [2.45, 2.75) is 32.4 Å². The highest BCUT2D eigenvalue weighted by Crippen LogP contribution is 2.40. The number of carbonyl (C=O) groups excluding carboxylic acids is 1. The van der Waals surface area contributed by atoms with Gasteiger partial charge in [0.15, 0.2) is 0 Å². The highest BCUT2D eigenvalue weighted by Gasteiger charge is 2.40. The van der Waals surface area contributed by atoms with Crippen molar-refractivity contribution >= 4 is 5.91 Å². The lowest BCUT2D eigenvalue weighted by atomic mass is 9.92. The lowest BCUT2D eigenvalue weighted by molar-refractivity contribution is 0.0940. The number of rotatable bonds is 5. The predicted molar refractivity (Wildman–Crippen MR) is 105 cm³/mol. The molecule has 3 N–H and O–H groups in total. The van der Waals surface area contributed by atoms with Gasteiger partial charge >= 0.3 is 0 Å². The Hall–Kier alpha value is -2.51. The Labute approximate surface area is 163 Å². The third-order valence-corrected chi connectivity index (χ3v) is 5.59. The van der Waals surface area contributed by atoms with Crippen LogP contribution >= 0.6 is 0 Å². The van der Waals surface area contributed by atoms with E-state index in [0.717, 1.165) is 0 Å². The van der Waals surface area contributed by atoms with E-state index in [4.69, 9.17) is 0 Å². The van der Waals surface area contributed by atoms with Gasteiger partial charge < -0.3 is 15.4 Å². The van der Waals surface area contributed by atoms with E-state index in [1.807, 2.05) is 11.9 Å². The quantitative estimate of drug-likeness (QED) is 0.732. The molecule has 0 aliphatic carbocycles. The number of likely N-dealkylation sites (N-methyl/N-ethyl adjacent to an activating group) is 1. The van der Waals surface area contributed by atoms with Crippen LogP contribution in [0.1, 0.15) is 39.6 Å². The molecule has 1 aliphatic heterocycles. The number of benzene rings is 1. The van der Waals surface area contributed by atoms with Crippen LogP contribution in [0.4, 0.5) is 4.39 Å². The number of carbonyl (C=O) groups is 1. The molecule has 1 amide bonds. The molecule has 1 fully saturated rings. The summed E-state index contributed by atoms with van der Waals surface area (Å²) in [7, 11) is 1.86. The van der Waals surface area contributed by atoms with E-state index in [9.17, 15) is 19.1 Å². The van der Waals surface area contributed by atoms with E-state index < -0.39 is 11.5 Å². The summed E-state index contributed by atoms with van der Waals surface area (Å²) in [5.74, 6) is -0.839. The van der Waals surface area contributed by atoms with Crippen molar-refractivity contribution in [3.63, 3.8) is 0 Å². The number of nitrogens with zero attached hydrogens (tertiary/aromatic N) is 1. The number of H-pyrrole nitrogens is 1. The molecule has 1 saturated heterocycles. The molecule has 3 atom stereocenters. The van der Waals surface area contributed by atoms with Crippen LogP contribution in [0.3, 0.4) is 0 Å². The maximum Gasteiger partial charge on any atom is 0.261 e. The third kappa shape index (κ3) is 3.86. The standard InChI is InChI=1S/C21H26FN3O3/c1-12-8-13(2)24-21(28)18(12)20(27)23-10-14-9-15(11-26)25(3)19(14)16-6-4-5-7-17(16)22/h4-8,14-15,19,26H,9-11H2,1-3H3,(H,23,27)(H,24,28)/t14-,15+,19-/m1/s1. The number of aryl methyl sites for hydroxylation is 2. The zero-order chi connectivity index (χ0) is 20.4. The summed E-state index contributed by atoms with van der Waals surface area (Å²) in [5, 5.41) is 12.5. The first kappa shape index (κ1) is 20.2. The number of amides is 1. The van der Waals surface area contributed by atoms with Crippen molar-refractivity contribution in [1.82, 2.24) is 15.2 Å². The summed E-state index contributed by atoms with van der Waals surface area (Å²) in [6.07, 6.45) is 0.621. The lowest BCUT2D eigenvalue weighted by Crippen LogP contribution is -2.36. The number of halogens is 1. The van der Waals surface area contributed by atoms with Crippen LogP contribution < -0.4 is 10.9 Å². The predicted octanol–water partition coefficient (Wildman–Crippen LogP) is 1.91. The van der Waals surface area contributed by atoms with Crippen LogP contribution in [0.2, 0.25) is 0 Å². The summed E-state index contributed by atoms with van der Waals surface area (Å²) >= 11 is 0. The monoisotopic (exact) mass is 387 g/mol. The maximum absolute atomic E-state index is 14.4. The number of aliphatic hydroxyl groups is 1. The second-order valence-corrected chi connectivity index (χ2v) is 7.51. The van der Waals surface area contributed by atoms with Crippen molar-refractivity contribution in [3.8, 4) is 0 Å². The van der Waals surface area contributed by atoms with Crippen LogP contribution in [-0.4, -0.2) is 47.1 Å². The molecule has 1 aliphatic rings. The van der Waals surface area contributed by atoms with Gasteiger partial charge in [0.25, 0.3) is 11.5 Å². The van der Waals surface area contributed by atoms with Crippen LogP contribution in [0.25, 0.3) is 0 Å². The van der Waals surface area contributed by atoms with Crippen molar-refractivity contribution < 1.29 is 14.3 Å². The molecule has 0 saturated carbocycles. The molecule has 7 heteroatoms. The highest BCUT2D eigenvalue weighted by atomic mass is 19.1. The first-order valence-electron chi connectivity index (χ1n) is 9.39. The number of aromatic amines is 1. The van der Waals surface area contributed by atoms with Gasteiger partial charge in [-0.05, 0) is 50.9 Å². The topological polar surface area (TPSA) is 85.4 Å². The Morgan fingerprint density at radius 3 is 2.71 bits per heavy atom. The molecule has 28 heavy (non-hydrogen) atoms. The third-order valence-electron chi connectivity index (χ3n) is 5.59. The Morgan fingerprint density at radius 2 is 2.07 bits per heavy atom. The summed E-state index contributed by atoms with van der Waals surface area (Å²) in [5.41, 5.74) is 1.53. The van der Waals surface area contributed by atoms with E-state index in [1.165, 1.54) is 6.07 Å². The van der Waals surface area contributed by atoms with Crippen molar-refractivity contribution in [2.75, 3.05) is 20.2 Å². The van der Waals surface area contributed by atoms with Crippen molar-refractivity contribution in [2.24, 2.45) is 5.92 Å². The molecule has 0 unspecified atom stereocenters. The van der Waals surface area contributed by atoms with Gasteiger partial charge in [0.2, 0.25) is 0 Å². The van der Waals surface area contributed by atoms with Gasteiger partial charge in [0.05, 0.1) is 6.61 Å². The van der Waals surface area contributed by atoms with E-state index in [1.54, 1.807) is 38.1 Å². The smallest absolute Gasteiger partial charge is 0.261 e. The second kappa shape index (κ2) is 8.24. The first-order valence-corrected chi connectivity index (χ1v) is 9.39. The SMILES string of the molecule is Cc1cc(C)c(C(=O)NC[C@H]2C[C@@H](CO)N(C)[C@H]2c2ccccc2F)c(=O)[nH]1. The van der Waals surface area contributed by atoms with Gasteiger partial charge in [-0.25, -0.2) is 4.39 Å². The fourth-order valence-electron chi connectivity index (χ4n) is 4.24. The molecule has 3 rings (SSSR count). The number of pyridine rings is 1. The summed E-state index contributed by atoms with van der Waals surface area (Å²) < 4.78 is 14.4. The largest absolute Gasteiger partial charge is 0.395 e. The van der Waals surface area contributed by atoms with Gasteiger partial charge in [0, 0.05) is 29.9 Å². The number of aromatic nitrogens is 1. The van der Waals surface area contributed by atoms with Crippen molar-refractivity contribution in [3.05, 3.63) is 68.9 Å². The minimum atomic E-state index is -0.443. The minimum absolute atomic E-state index is 0.0391. The Balaban J connectivity index is 1.81. The summed E-state index contributed by atoms with van der Waals surface area (Å²) in [6.45, 7) is 3.73. The zero-order valence-corrected chi connectivity index (χ0v) is 16.3. The number of likely N-dealkylation sites (tertiary alicyclic amines) is 1. The Bertz CT molecular complexity index is 927. The molecule has 1 aromatic carbocycles. The Kier molecular flexibility index (Phi) is 5.96. The molecule has 2 aromatic rings. The van der Waals surface area contributed by atoms with Crippen molar-refractivity contribution in [1.29, 1.82) is 0 Å². The molecular weight excluding hydrogens is 361 g/mol. The minimum Gasteiger partial charge on any atom is -0.395 e. The Morgan fingerprint density at radius 1 is 1.36 bits per heavy atom. The number of hydrogen-bond donors (Lipinski definition) is 3. The highest BCUT2D eigenvalue weighted by molar-refractivity contribution is 5.95. The van der Waals surface area contributed by atoms with Gasteiger partial charge in [0.1, 0.15) is 11.4 Å². The van der Waals surface area contributed by atoms with Crippen LogP contribution in [0, 0.1) is 25.6 Å². The van der Waals surface area contributed by atoms with Crippen LogP contribution in [-0.2, 0) is 0 Å². The number of aliphatic hydroxyl groups excluding tert-OH is 1. The normalized spacial score (nSPS) is 22.4. The maximum atomic E-state index is 14.4. The van der Waals surface area contributed by atoms with Gasteiger partial charge in [-0.15, -0.1) is 0 Å². The van der Waals surface area contributed by atoms with E-state index >= 15 is 0 Å². The molecule has 0 bridgehead atoms.